The third-order valence-electron chi connectivity index (χ3n) is 6.50. The molecular formula is C26H26F3NO. The first kappa shape index (κ1) is 21.6. The molecule has 162 valence electrons. The van der Waals surface area contributed by atoms with Gasteiger partial charge in [0.1, 0.15) is 5.60 Å². The molecule has 1 aliphatic carbocycles. The van der Waals surface area contributed by atoms with Gasteiger partial charge in [-0.3, -0.25) is 0 Å². The molecule has 2 nitrogen and oxygen atoms in total. The van der Waals surface area contributed by atoms with Gasteiger partial charge in [-0.2, -0.15) is 13.2 Å². The standard InChI is InChI=1S/C26H26F3NO/c1-24(30-18-16-19-7-3-2-4-8-19)17-15-20-9-5-6-10-23(20)25(24,31)21-11-13-22(14-12-21)26(27,28)29/h2-14,30-31H,15-18H2,1H3. The van der Waals surface area contributed by atoms with E-state index in [-0.39, 0.29) is 0 Å². The zero-order chi connectivity index (χ0) is 22.1. The molecule has 4 rings (SSSR count). The van der Waals surface area contributed by atoms with Crippen LogP contribution in [0.5, 0.6) is 0 Å². The quantitative estimate of drug-likeness (QED) is 0.568. The zero-order valence-corrected chi connectivity index (χ0v) is 17.4. The minimum Gasteiger partial charge on any atom is -0.378 e. The van der Waals surface area contributed by atoms with Gasteiger partial charge < -0.3 is 10.4 Å². The Kier molecular flexibility index (Phi) is 5.67. The summed E-state index contributed by atoms with van der Waals surface area (Å²) < 4.78 is 39.3. The Balaban J connectivity index is 1.70. The Bertz CT molecular complexity index is 1030. The molecule has 2 N–H and O–H groups in total. The molecule has 5 heteroatoms. The van der Waals surface area contributed by atoms with Crippen molar-refractivity contribution < 1.29 is 18.3 Å². The second-order valence-corrected chi connectivity index (χ2v) is 8.44. The predicted molar refractivity (Wildman–Crippen MR) is 116 cm³/mol. The zero-order valence-electron chi connectivity index (χ0n) is 17.4. The van der Waals surface area contributed by atoms with Crippen molar-refractivity contribution in [2.24, 2.45) is 0 Å². The Morgan fingerprint density at radius 1 is 0.903 bits per heavy atom. The molecule has 0 spiro atoms. The molecule has 31 heavy (non-hydrogen) atoms. The number of halogens is 3. The summed E-state index contributed by atoms with van der Waals surface area (Å²) in [6.45, 7) is 2.61. The van der Waals surface area contributed by atoms with Crippen molar-refractivity contribution in [3.8, 4) is 0 Å². The van der Waals surface area contributed by atoms with E-state index in [0.29, 0.717) is 18.5 Å². The van der Waals surface area contributed by atoms with Gasteiger partial charge in [-0.25, -0.2) is 0 Å². The highest BCUT2D eigenvalue weighted by molar-refractivity contribution is 5.48. The van der Waals surface area contributed by atoms with E-state index in [1.807, 2.05) is 49.4 Å². The van der Waals surface area contributed by atoms with Crippen LogP contribution < -0.4 is 5.32 Å². The molecule has 1 aliphatic rings. The van der Waals surface area contributed by atoms with Gasteiger partial charge in [-0.1, -0.05) is 66.7 Å². The van der Waals surface area contributed by atoms with Crippen LogP contribution in [0.4, 0.5) is 13.2 Å². The van der Waals surface area contributed by atoms with Crippen LogP contribution in [0.15, 0.2) is 78.9 Å². The first-order valence-electron chi connectivity index (χ1n) is 10.5. The van der Waals surface area contributed by atoms with Crippen LogP contribution in [0.3, 0.4) is 0 Å². The van der Waals surface area contributed by atoms with Gasteiger partial charge in [0.15, 0.2) is 0 Å². The maximum atomic E-state index is 13.1. The number of fused-ring (bicyclic) bond motifs is 1. The van der Waals surface area contributed by atoms with E-state index in [1.165, 1.54) is 17.7 Å². The average Bonchev–Trinajstić information content (AvgIpc) is 2.77. The van der Waals surface area contributed by atoms with Gasteiger partial charge in [0, 0.05) is 0 Å². The van der Waals surface area contributed by atoms with Gasteiger partial charge in [0.2, 0.25) is 0 Å². The molecule has 2 unspecified atom stereocenters. The van der Waals surface area contributed by atoms with Crippen molar-refractivity contribution in [3.63, 3.8) is 0 Å². The first-order valence-corrected chi connectivity index (χ1v) is 10.5. The lowest BCUT2D eigenvalue weighted by Crippen LogP contribution is -2.62. The molecule has 0 heterocycles. The molecule has 2 atom stereocenters. The number of benzene rings is 3. The van der Waals surface area contributed by atoms with E-state index in [4.69, 9.17) is 0 Å². The van der Waals surface area contributed by atoms with Gasteiger partial charge in [-0.15, -0.1) is 0 Å². The molecule has 0 radical (unpaired) electrons. The fourth-order valence-corrected chi connectivity index (χ4v) is 4.67. The van der Waals surface area contributed by atoms with E-state index in [1.54, 1.807) is 0 Å². The Morgan fingerprint density at radius 2 is 1.55 bits per heavy atom. The van der Waals surface area contributed by atoms with Crippen molar-refractivity contribution in [1.82, 2.24) is 5.32 Å². The second kappa shape index (κ2) is 8.13. The van der Waals surface area contributed by atoms with E-state index in [2.05, 4.69) is 17.4 Å². The fourth-order valence-electron chi connectivity index (χ4n) is 4.67. The van der Waals surface area contributed by atoms with Gasteiger partial charge in [-0.05, 0) is 67.1 Å². The summed E-state index contributed by atoms with van der Waals surface area (Å²) in [6, 6.07) is 22.6. The molecule has 0 amide bonds. The van der Waals surface area contributed by atoms with Gasteiger partial charge in [0.05, 0.1) is 11.1 Å². The number of rotatable bonds is 5. The number of nitrogens with one attached hydrogen (secondary N) is 1. The SMILES string of the molecule is CC1(NCCc2ccccc2)CCc2ccccc2C1(O)c1ccc(C(F)(F)F)cc1. The lowest BCUT2D eigenvalue weighted by Gasteiger charge is -2.50. The Labute approximate surface area is 180 Å². The molecule has 3 aromatic carbocycles. The molecular weight excluding hydrogens is 399 g/mol. The normalized spacial score (nSPS) is 23.4. The summed E-state index contributed by atoms with van der Waals surface area (Å²) in [7, 11) is 0. The van der Waals surface area contributed by atoms with E-state index >= 15 is 0 Å². The van der Waals surface area contributed by atoms with Crippen LogP contribution in [0.1, 0.15) is 41.2 Å². The molecule has 0 aliphatic heterocycles. The van der Waals surface area contributed by atoms with Crippen molar-refractivity contribution >= 4 is 0 Å². The highest BCUT2D eigenvalue weighted by Crippen LogP contribution is 2.47. The van der Waals surface area contributed by atoms with Crippen LogP contribution in [-0.2, 0) is 24.6 Å². The van der Waals surface area contributed by atoms with E-state index < -0.39 is 22.9 Å². The second-order valence-electron chi connectivity index (χ2n) is 8.44. The summed E-state index contributed by atoms with van der Waals surface area (Å²) in [5, 5.41) is 15.7. The number of hydrogen-bond donors (Lipinski definition) is 2. The number of aryl methyl sites for hydroxylation is 1. The monoisotopic (exact) mass is 425 g/mol. The van der Waals surface area contributed by atoms with Crippen molar-refractivity contribution in [1.29, 1.82) is 0 Å². The molecule has 0 aromatic heterocycles. The number of aliphatic hydroxyl groups is 1. The number of alkyl halides is 3. The number of hydrogen-bond acceptors (Lipinski definition) is 2. The van der Waals surface area contributed by atoms with Gasteiger partial charge in [0.25, 0.3) is 0 Å². The largest absolute Gasteiger partial charge is 0.416 e. The van der Waals surface area contributed by atoms with Crippen LogP contribution in [0, 0.1) is 0 Å². The summed E-state index contributed by atoms with van der Waals surface area (Å²) in [4.78, 5) is 0. The first-order chi connectivity index (χ1) is 14.7. The topological polar surface area (TPSA) is 32.3 Å². The molecule has 3 aromatic rings. The lowest BCUT2D eigenvalue weighted by molar-refractivity contribution is -0.137. The van der Waals surface area contributed by atoms with Gasteiger partial charge >= 0.3 is 6.18 Å². The average molecular weight is 425 g/mol. The maximum absolute atomic E-state index is 13.1. The molecule has 0 bridgehead atoms. The highest BCUT2D eigenvalue weighted by Gasteiger charge is 2.52. The summed E-state index contributed by atoms with van der Waals surface area (Å²) in [5.41, 5.74) is 0.499. The predicted octanol–water partition coefficient (Wildman–Crippen LogP) is 5.48. The van der Waals surface area contributed by atoms with Crippen LogP contribution in [0.25, 0.3) is 0 Å². The molecule has 0 fully saturated rings. The van der Waals surface area contributed by atoms with Crippen molar-refractivity contribution in [2.75, 3.05) is 6.54 Å². The summed E-state index contributed by atoms with van der Waals surface area (Å²) in [6.07, 6.45) is -2.17. The van der Waals surface area contributed by atoms with Crippen molar-refractivity contribution in [3.05, 3.63) is 107 Å². The maximum Gasteiger partial charge on any atom is 0.416 e. The smallest absolute Gasteiger partial charge is 0.378 e. The fraction of sp³-hybridized carbons (Fsp3) is 0.308. The summed E-state index contributed by atoms with van der Waals surface area (Å²) in [5.74, 6) is 0. The summed E-state index contributed by atoms with van der Waals surface area (Å²) >= 11 is 0. The van der Waals surface area contributed by atoms with Crippen molar-refractivity contribution in [2.45, 2.75) is 43.5 Å². The molecule has 0 saturated carbocycles. The highest BCUT2D eigenvalue weighted by atomic mass is 19.4. The van der Waals surface area contributed by atoms with Crippen LogP contribution >= 0.6 is 0 Å². The minimum atomic E-state index is -4.41. The van der Waals surface area contributed by atoms with E-state index in [0.717, 1.165) is 36.1 Å². The Hall–Kier alpha value is -2.63. The molecule has 0 saturated heterocycles. The Morgan fingerprint density at radius 3 is 2.23 bits per heavy atom. The van der Waals surface area contributed by atoms with Crippen LogP contribution in [0.2, 0.25) is 0 Å². The lowest BCUT2D eigenvalue weighted by atomic mass is 9.64. The third kappa shape index (κ3) is 4.00. The van der Waals surface area contributed by atoms with Crippen LogP contribution in [-0.4, -0.2) is 17.2 Å². The minimum absolute atomic E-state index is 0.461. The van der Waals surface area contributed by atoms with E-state index in [9.17, 15) is 18.3 Å². The third-order valence-corrected chi connectivity index (χ3v) is 6.50.